The first-order valence-electron chi connectivity index (χ1n) is 10.7. The van der Waals surface area contributed by atoms with Gasteiger partial charge in [-0.1, -0.05) is 0 Å². The summed E-state index contributed by atoms with van der Waals surface area (Å²) in [6.45, 7) is 0.217. The number of nitrogens with one attached hydrogen (secondary N) is 1. The Balaban J connectivity index is 1.51. The fourth-order valence-electron chi connectivity index (χ4n) is 4.18. The van der Waals surface area contributed by atoms with Crippen LogP contribution in [0.4, 0.5) is 10.1 Å². The number of methoxy groups -OCH3 is 1. The molecule has 3 atom stereocenters. The molecule has 9 heteroatoms. The molecule has 8 nitrogen and oxygen atoms in total. The molecule has 2 aromatic carbocycles. The number of anilines is 1. The van der Waals surface area contributed by atoms with Crippen molar-refractivity contribution >= 4 is 23.5 Å². The van der Waals surface area contributed by atoms with Crippen LogP contribution in [0.15, 0.2) is 42.5 Å². The minimum Gasteiger partial charge on any atom is -0.490 e. The van der Waals surface area contributed by atoms with Crippen LogP contribution in [0.2, 0.25) is 0 Å². The lowest BCUT2D eigenvalue weighted by Crippen LogP contribution is -2.53. The molecular formula is C24H25FN2O6. The van der Waals surface area contributed by atoms with E-state index < -0.39 is 11.7 Å². The fourth-order valence-corrected chi connectivity index (χ4v) is 4.18. The lowest BCUT2D eigenvalue weighted by atomic mass is 9.94. The summed E-state index contributed by atoms with van der Waals surface area (Å²) >= 11 is 0. The normalized spacial score (nSPS) is 22.2. The molecule has 2 heterocycles. The topological polar surface area (TPSA) is 94.2 Å². The zero-order chi connectivity index (χ0) is 23.5. The highest BCUT2D eigenvalue weighted by atomic mass is 19.1. The number of rotatable bonds is 4. The highest BCUT2D eigenvalue weighted by molar-refractivity contribution is 6.05. The van der Waals surface area contributed by atoms with E-state index in [-0.39, 0.29) is 43.2 Å². The molecule has 2 aromatic rings. The zero-order valence-electron chi connectivity index (χ0n) is 18.4. The maximum atomic E-state index is 13.3. The van der Waals surface area contributed by atoms with Gasteiger partial charge in [-0.05, 0) is 55.3 Å². The average Bonchev–Trinajstić information content (AvgIpc) is 2.82. The number of nitrogens with zero attached hydrogens (tertiary/aromatic N) is 1. The minimum atomic E-state index is -0.431. The van der Waals surface area contributed by atoms with Gasteiger partial charge in [-0.3, -0.25) is 14.4 Å². The largest absolute Gasteiger partial charge is 0.490 e. The van der Waals surface area contributed by atoms with Crippen molar-refractivity contribution in [3.05, 3.63) is 59.4 Å². The number of benzene rings is 2. The molecule has 174 valence electrons. The van der Waals surface area contributed by atoms with Gasteiger partial charge < -0.3 is 24.4 Å². The van der Waals surface area contributed by atoms with Gasteiger partial charge in [-0.15, -0.1) is 0 Å². The highest BCUT2D eigenvalue weighted by Crippen LogP contribution is 2.32. The molecule has 0 aromatic heterocycles. The third-order valence-corrected chi connectivity index (χ3v) is 6.00. The van der Waals surface area contributed by atoms with Crippen molar-refractivity contribution in [1.29, 1.82) is 0 Å². The number of esters is 1. The van der Waals surface area contributed by atoms with Gasteiger partial charge in [0.1, 0.15) is 24.3 Å². The third kappa shape index (κ3) is 4.98. The number of ether oxygens (including phenoxy) is 3. The summed E-state index contributed by atoms with van der Waals surface area (Å²) in [6.07, 6.45) is 0.774. The Morgan fingerprint density at radius 1 is 1.18 bits per heavy atom. The number of carbonyl (C=O) groups is 3. The summed E-state index contributed by atoms with van der Waals surface area (Å²) in [5, 5.41) is 2.73. The molecule has 1 N–H and O–H groups in total. The summed E-state index contributed by atoms with van der Waals surface area (Å²) in [4.78, 5) is 39.0. The molecule has 2 aliphatic rings. The highest BCUT2D eigenvalue weighted by Gasteiger charge is 2.39. The van der Waals surface area contributed by atoms with E-state index in [0.29, 0.717) is 35.4 Å². The van der Waals surface area contributed by atoms with Gasteiger partial charge in [0.25, 0.3) is 11.8 Å². The number of halogens is 1. The predicted octanol–water partition coefficient (Wildman–Crippen LogP) is 3.02. The van der Waals surface area contributed by atoms with E-state index in [1.54, 1.807) is 30.1 Å². The average molecular weight is 456 g/mol. The first kappa shape index (κ1) is 22.7. The van der Waals surface area contributed by atoms with Crippen molar-refractivity contribution in [1.82, 2.24) is 4.90 Å². The summed E-state index contributed by atoms with van der Waals surface area (Å²) in [5.41, 5.74) is 1.04. The van der Waals surface area contributed by atoms with Gasteiger partial charge in [-0.25, -0.2) is 4.39 Å². The SMILES string of the molecule is COC(=O)C[C@H]1CC[C@@H]2[C@@H](COc3ccc(NC(=O)c4ccc(F)cc4)cc3C(=O)N2C)O1. The first-order chi connectivity index (χ1) is 15.9. The summed E-state index contributed by atoms with van der Waals surface area (Å²) in [5.74, 6) is -1.06. The van der Waals surface area contributed by atoms with Crippen molar-refractivity contribution in [3.8, 4) is 5.75 Å². The summed E-state index contributed by atoms with van der Waals surface area (Å²) in [6, 6.07) is 9.80. The van der Waals surface area contributed by atoms with Crippen LogP contribution in [-0.4, -0.2) is 61.7 Å². The van der Waals surface area contributed by atoms with Gasteiger partial charge in [-0.2, -0.15) is 0 Å². The maximum absolute atomic E-state index is 13.3. The van der Waals surface area contributed by atoms with Gasteiger partial charge in [0, 0.05) is 18.3 Å². The molecule has 4 rings (SSSR count). The second-order valence-electron chi connectivity index (χ2n) is 8.12. The molecule has 0 aliphatic carbocycles. The summed E-state index contributed by atoms with van der Waals surface area (Å²) in [7, 11) is 3.05. The van der Waals surface area contributed by atoms with Crippen LogP contribution in [-0.2, 0) is 14.3 Å². The van der Waals surface area contributed by atoms with Gasteiger partial charge in [0.05, 0.1) is 31.2 Å². The van der Waals surface area contributed by atoms with Crippen molar-refractivity contribution in [2.75, 3.05) is 26.1 Å². The van der Waals surface area contributed by atoms with Crippen LogP contribution in [0.3, 0.4) is 0 Å². The molecule has 0 saturated carbocycles. The predicted molar refractivity (Wildman–Crippen MR) is 117 cm³/mol. The van der Waals surface area contributed by atoms with Gasteiger partial charge in [0.15, 0.2) is 0 Å². The lowest BCUT2D eigenvalue weighted by Gasteiger charge is -2.42. The number of amides is 2. The molecule has 1 saturated heterocycles. The van der Waals surface area contributed by atoms with E-state index in [0.717, 1.165) is 0 Å². The van der Waals surface area contributed by atoms with Crippen LogP contribution in [0, 0.1) is 5.82 Å². The molecule has 2 amide bonds. The van der Waals surface area contributed by atoms with E-state index in [1.165, 1.54) is 31.4 Å². The smallest absolute Gasteiger partial charge is 0.308 e. The Labute approximate surface area is 190 Å². The van der Waals surface area contributed by atoms with Crippen molar-refractivity contribution in [3.63, 3.8) is 0 Å². The Bertz CT molecular complexity index is 1060. The molecular weight excluding hydrogens is 431 g/mol. The fraction of sp³-hybridized carbons (Fsp3) is 0.375. The Morgan fingerprint density at radius 3 is 2.67 bits per heavy atom. The number of hydrogen-bond donors (Lipinski definition) is 1. The molecule has 2 aliphatic heterocycles. The molecule has 0 bridgehead atoms. The number of fused-ring (bicyclic) bond motifs is 2. The molecule has 0 unspecified atom stereocenters. The van der Waals surface area contributed by atoms with E-state index in [4.69, 9.17) is 14.2 Å². The standard InChI is InChI=1S/C24H25FN2O6/c1-27-19-9-8-17(12-22(28)31-2)33-21(19)13-32-20-10-7-16(11-18(20)24(27)30)26-23(29)14-3-5-15(25)6-4-14/h3-7,10-11,17,19,21H,8-9,12-13H2,1-2H3,(H,26,29)/t17-,19-,21-/m1/s1. The van der Waals surface area contributed by atoms with Crippen LogP contribution < -0.4 is 10.1 Å². The lowest BCUT2D eigenvalue weighted by molar-refractivity contribution is -0.151. The van der Waals surface area contributed by atoms with Crippen molar-refractivity contribution in [2.24, 2.45) is 0 Å². The quantitative estimate of drug-likeness (QED) is 0.711. The number of likely N-dealkylation sites (N-methyl/N-ethyl adjacent to an activating group) is 1. The minimum absolute atomic E-state index is 0.158. The Kier molecular flexibility index (Phi) is 6.60. The third-order valence-electron chi connectivity index (χ3n) is 6.00. The van der Waals surface area contributed by atoms with Gasteiger partial charge in [0.2, 0.25) is 0 Å². The van der Waals surface area contributed by atoms with Crippen LogP contribution in [0.25, 0.3) is 0 Å². The van der Waals surface area contributed by atoms with Crippen LogP contribution >= 0.6 is 0 Å². The Morgan fingerprint density at radius 2 is 1.94 bits per heavy atom. The first-order valence-corrected chi connectivity index (χ1v) is 10.7. The van der Waals surface area contributed by atoms with Crippen LogP contribution in [0.1, 0.15) is 40.0 Å². The second-order valence-corrected chi connectivity index (χ2v) is 8.12. The number of carbonyl (C=O) groups excluding carboxylic acids is 3. The van der Waals surface area contributed by atoms with E-state index in [1.807, 2.05) is 0 Å². The van der Waals surface area contributed by atoms with Crippen molar-refractivity contribution < 1.29 is 33.0 Å². The maximum Gasteiger partial charge on any atom is 0.308 e. The Hall–Kier alpha value is -3.46. The monoisotopic (exact) mass is 456 g/mol. The van der Waals surface area contributed by atoms with E-state index >= 15 is 0 Å². The molecule has 33 heavy (non-hydrogen) atoms. The van der Waals surface area contributed by atoms with Crippen LogP contribution in [0.5, 0.6) is 5.75 Å². The second kappa shape index (κ2) is 9.58. The summed E-state index contributed by atoms with van der Waals surface area (Å²) < 4.78 is 29.8. The van der Waals surface area contributed by atoms with E-state index in [9.17, 15) is 18.8 Å². The zero-order valence-corrected chi connectivity index (χ0v) is 18.4. The number of hydrogen-bond acceptors (Lipinski definition) is 6. The van der Waals surface area contributed by atoms with Crippen molar-refractivity contribution in [2.45, 2.75) is 37.5 Å². The molecule has 1 fully saturated rings. The molecule has 0 spiro atoms. The van der Waals surface area contributed by atoms with E-state index in [2.05, 4.69) is 5.32 Å². The van der Waals surface area contributed by atoms with Gasteiger partial charge >= 0.3 is 5.97 Å². The molecule has 0 radical (unpaired) electrons.